The smallest absolute Gasteiger partial charge is 0.173 e. The molecule has 1 aliphatic heterocycles. The van der Waals surface area contributed by atoms with Crippen molar-refractivity contribution in [2.75, 3.05) is 6.54 Å². The molecule has 4 heterocycles. The number of tetrazole rings is 1. The van der Waals surface area contributed by atoms with Crippen LogP contribution in [0.1, 0.15) is 66.8 Å². The molecule has 7 nitrogen and oxygen atoms in total. The maximum atomic E-state index is 6.91. The van der Waals surface area contributed by atoms with E-state index in [0.29, 0.717) is 11.2 Å². The molecular formula is C28H28ClN7. The van der Waals surface area contributed by atoms with E-state index in [0.717, 1.165) is 54.6 Å². The first kappa shape index (κ1) is 21.9. The molecule has 1 atom stereocenters. The molecule has 1 aliphatic carbocycles. The van der Waals surface area contributed by atoms with Crippen molar-refractivity contribution in [2.45, 2.75) is 57.2 Å². The van der Waals surface area contributed by atoms with Gasteiger partial charge in [0.15, 0.2) is 5.82 Å². The molecule has 8 heteroatoms. The Morgan fingerprint density at radius 1 is 1.00 bits per heavy atom. The van der Waals surface area contributed by atoms with E-state index in [4.69, 9.17) is 16.6 Å². The van der Waals surface area contributed by atoms with Gasteiger partial charge in [0, 0.05) is 40.6 Å². The number of hydrogen-bond donors (Lipinski definition) is 1. The summed E-state index contributed by atoms with van der Waals surface area (Å²) in [5.41, 5.74) is 5.72. The quantitative estimate of drug-likeness (QED) is 0.308. The Bertz CT molecular complexity index is 1550. The molecule has 182 valence electrons. The molecule has 3 aromatic heterocycles. The first-order valence-corrected chi connectivity index (χ1v) is 13.3. The number of benzene rings is 2. The molecule has 0 bridgehead atoms. The van der Waals surface area contributed by atoms with Gasteiger partial charge in [-0.1, -0.05) is 67.3 Å². The average molecular weight is 498 g/mol. The number of aromatic amines is 1. The summed E-state index contributed by atoms with van der Waals surface area (Å²) in [4.78, 5) is 10.9. The second kappa shape index (κ2) is 8.98. The Morgan fingerprint density at radius 3 is 2.75 bits per heavy atom. The molecule has 0 amide bonds. The lowest BCUT2D eigenvalue weighted by Gasteiger charge is -2.35. The number of nitrogens with one attached hydrogen (secondary N) is 1. The summed E-state index contributed by atoms with van der Waals surface area (Å²) < 4.78 is 2.08. The van der Waals surface area contributed by atoms with Gasteiger partial charge in [0.1, 0.15) is 11.2 Å². The standard InChI is InChI=1S/C28H28ClN7/c29-27-22(16-18-8-4-6-12-23(18)31-27)26(28-32-33-34-36(28)19-9-2-1-3-10-19)35-15-14-21-20-11-5-7-13-24(20)30-25(21)17-35/h4-8,11-13,16,19,26,30H,1-3,9-10,14-15,17H2. The van der Waals surface area contributed by atoms with Crippen molar-refractivity contribution in [2.24, 2.45) is 0 Å². The number of fused-ring (bicyclic) bond motifs is 4. The maximum absolute atomic E-state index is 6.91. The van der Waals surface area contributed by atoms with Crippen LogP contribution in [0.2, 0.25) is 5.15 Å². The Morgan fingerprint density at radius 2 is 1.83 bits per heavy atom. The van der Waals surface area contributed by atoms with Crippen LogP contribution in [-0.4, -0.2) is 41.6 Å². The van der Waals surface area contributed by atoms with Crippen molar-refractivity contribution >= 4 is 33.4 Å². The van der Waals surface area contributed by atoms with Gasteiger partial charge in [0.25, 0.3) is 0 Å². The van der Waals surface area contributed by atoms with Gasteiger partial charge in [-0.3, -0.25) is 4.90 Å². The highest BCUT2D eigenvalue weighted by atomic mass is 35.5. The van der Waals surface area contributed by atoms with Crippen molar-refractivity contribution in [3.05, 3.63) is 82.4 Å². The summed E-state index contributed by atoms with van der Waals surface area (Å²) in [5.74, 6) is 0.862. The van der Waals surface area contributed by atoms with Gasteiger partial charge in [-0.05, 0) is 53.5 Å². The van der Waals surface area contributed by atoms with E-state index in [1.807, 2.05) is 18.2 Å². The van der Waals surface area contributed by atoms with Crippen molar-refractivity contribution in [3.8, 4) is 0 Å². The zero-order valence-corrected chi connectivity index (χ0v) is 20.8. The lowest BCUT2D eigenvalue weighted by molar-refractivity contribution is 0.186. The molecule has 1 saturated carbocycles. The van der Waals surface area contributed by atoms with Crippen LogP contribution in [0.4, 0.5) is 0 Å². The van der Waals surface area contributed by atoms with Crippen LogP contribution in [0.3, 0.4) is 0 Å². The van der Waals surface area contributed by atoms with E-state index in [9.17, 15) is 0 Å². The molecule has 1 unspecified atom stereocenters. The number of halogens is 1. The van der Waals surface area contributed by atoms with Crippen molar-refractivity contribution in [3.63, 3.8) is 0 Å². The van der Waals surface area contributed by atoms with Crippen LogP contribution in [0.15, 0.2) is 54.6 Å². The third-order valence-corrected chi connectivity index (χ3v) is 8.26. The molecule has 0 saturated heterocycles. The lowest BCUT2D eigenvalue weighted by Crippen LogP contribution is -2.37. The van der Waals surface area contributed by atoms with Crippen molar-refractivity contribution in [1.29, 1.82) is 0 Å². The Kier molecular flexibility index (Phi) is 5.47. The molecular weight excluding hydrogens is 470 g/mol. The summed E-state index contributed by atoms with van der Waals surface area (Å²) in [5, 5.41) is 16.2. The summed E-state index contributed by atoms with van der Waals surface area (Å²) in [6.07, 6.45) is 6.90. The Hall–Kier alpha value is -3.29. The topological polar surface area (TPSA) is 75.5 Å². The second-order valence-corrected chi connectivity index (χ2v) is 10.4. The predicted octanol–water partition coefficient (Wildman–Crippen LogP) is 6.01. The van der Waals surface area contributed by atoms with Crippen molar-refractivity contribution < 1.29 is 0 Å². The van der Waals surface area contributed by atoms with E-state index in [-0.39, 0.29) is 6.04 Å². The average Bonchev–Trinajstić information content (AvgIpc) is 3.54. The van der Waals surface area contributed by atoms with E-state index in [2.05, 4.69) is 66.5 Å². The largest absolute Gasteiger partial charge is 0.357 e. The lowest BCUT2D eigenvalue weighted by atomic mass is 9.94. The Balaban J connectivity index is 1.36. The number of aromatic nitrogens is 6. The molecule has 7 rings (SSSR count). The van der Waals surface area contributed by atoms with Gasteiger partial charge in [0.05, 0.1) is 11.6 Å². The number of nitrogens with zero attached hydrogens (tertiary/aromatic N) is 6. The highest BCUT2D eigenvalue weighted by molar-refractivity contribution is 6.30. The van der Waals surface area contributed by atoms with Crippen LogP contribution in [0.5, 0.6) is 0 Å². The first-order valence-electron chi connectivity index (χ1n) is 12.9. The summed E-state index contributed by atoms with van der Waals surface area (Å²) in [7, 11) is 0. The van der Waals surface area contributed by atoms with Gasteiger partial charge in [-0.2, -0.15) is 0 Å². The van der Waals surface area contributed by atoms with Gasteiger partial charge < -0.3 is 4.98 Å². The van der Waals surface area contributed by atoms with Gasteiger partial charge in [-0.25, -0.2) is 9.67 Å². The number of para-hydroxylation sites is 2. The zero-order valence-electron chi connectivity index (χ0n) is 20.1. The molecule has 2 aliphatic rings. The molecule has 1 N–H and O–H groups in total. The van der Waals surface area contributed by atoms with Crippen LogP contribution >= 0.6 is 11.6 Å². The molecule has 1 fully saturated rings. The Labute approximate surface area is 214 Å². The number of pyridine rings is 1. The SMILES string of the molecule is Clc1nc2ccccc2cc1C(c1nnnn1C1CCCCC1)N1CCc2c([nH]c3ccccc23)C1. The molecule has 36 heavy (non-hydrogen) atoms. The van der Waals surface area contributed by atoms with E-state index in [1.54, 1.807) is 0 Å². The van der Waals surface area contributed by atoms with E-state index >= 15 is 0 Å². The normalized spacial score (nSPS) is 18.0. The fraction of sp³-hybridized carbons (Fsp3) is 0.357. The molecule has 0 spiro atoms. The van der Waals surface area contributed by atoms with Gasteiger partial charge in [-0.15, -0.1) is 5.10 Å². The van der Waals surface area contributed by atoms with E-state index in [1.165, 1.54) is 41.4 Å². The number of H-pyrrole nitrogens is 1. The molecule has 5 aromatic rings. The molecule has 0 radical (unpaired) electrons. The van der Waals surface area contributed by atoms with Gasteiger partial charge >= 0.3 is 0 Å². The highest BCUT2D eigenvalue weighted by Gasteiger charge is 2.35. The second-order valence-electron chi connectivity index (χ2n) is 10.1. The first-order chi connectivity index (χ1) is 17.8. The van der Waals surface area contributed by atoms with Crippen LogP contribution < -0.4 is 0 Å². The van der Waals surface area contributed by atoms with Crippen LogP contribution in [0.25, 0.3) is 21.8 Å². The van der Waals surface area contributed by atoms with Crippen molar-refractivity contribution in [1.82, 2.24) is 35.1 Å². The summed E-state index contributed by atoms with van der Waals surface area (Å²) >= 11 is 6.91. The van der Waals surface area contributed by atoms with E-state index < -0.39 is 0 Å². The predicted molar refractivity (Wildman–Crippen MR) is 141 cm³/mol. The zero-order chi connectivity index (χ0) is 24.1. The maximum Gasteiger partial charge on any atom is 0.173 e. The van der Waals surface area contributed by atoms with Crippen LogP contribution in [-0.2, 0) is 13.0 Å². The minimum Gasteiger partial charge on any atom is -0.357 e. The minimum absolute atomic E-state index is 0.189. The minimum atomic E-state index is -0.189. The third kappa shape index (κ3) is 3.69. The monoisotopic (exact) mass is 497 g/mol. The molecule has 2 aromatic carbocycles. The number of rotatable bonds is 4. The third-order valence-electron chi connectivity index (χ3n) is 7.96. The van der Waals surface area contributed by atoms with Gasteiger partial charge in [0.2, 0.25) is 0 Å². The highest BCUT2D eigenvalue weighted by Crippen LogP contribution is 2.39. The number of hydrogen-bond acceptors (Lipinski definition) is 5. The fourth-order valence-corrected chi connectivity index (χ4v) is 6.45. The summed E-state index contributed by atoms with van der Waals surface area (Å²) in [6.45, 7) is 1.66. The van der Waals surface area contributed by atoms with Crippen LogP contribution in [0, 0.1) is 0 Å². The summed E-state index contributed by atoms with van der Waals surface area (Å²) in [6, 6.07) is 19.0. The fourth-order valence-electron chi connectivity index (χ4n) is 6.20.